The summed E-state index contributed by atoms with van der Waals surface area (Å²) in [5.41, 5.74) is 2.18. The highest BCUT2D eigenvalue weighted by Gasteiger charge is 2.34. The number of nitrogens with zero attached hydrogens (tertiary/aromatic N) is 3. The van der Waals surface area contributed by atoms with Gasteiger partial charge in [0.25, 0.3) is 5.19 Å². The van der Waals surface area contributed by atoms with Crippen molar-refractivity contribution in [3.8, 4) is 5.19 Å². The highest BCUT2D eigenvalue weighted by molar-refractivity contribution is 7.13. The van der Waals surface area contributed by atoms with E-state index in [0.29, 0.717) is 11.6 Å². The molecule has 2 aromatic rings. The predicted octanol–water partition coefficient (Wildman–Crippen LogP) is 3.61. The summed E-state index contributed by atoms with van der Waals surface area (Å²) in [5.74, 6) is 0.0292. The maximum atomic E-state index is 12.2. The lowest BCUT2D eigenvalue weighted by Gasteiger charge is -2.19. The molecule has 0 bridgehead atoms. The van der Waals surface area contributed by atoms with Crippen LogP contribution in [0.5, 0.6) is 5.19 Å². The second-order valence-electron chi connectivity index (χ2n) is 5.02. The van der Waals surface area contributed by atoms with Gasteiger partial charge in [0.05, 0.1) is 28.6 Å². The van der Waals surface area contributed by atoms with Crippen molar-refractivity contribution in [1.82, 2.24) is 9.99 Å². The molecule has 0 fully saturated rings. The zero-order valence-corrected chi connectivity index (χ0v) is 14.3. The number of hydrogen-bond donors (Lipinski definition) is 0. The monoisotopic (exact) mass is 335 g/mol. The maximum absolute atomic E-state index is 12.2. The van der Waals surface area contributed by atoms with Crippen LogP contribution in [0.4, 0.5) is 0 Å². The number of aryl methyl sites for hydroxylation is 1. The normalized spacial score (nSPS) is 17.7. The van der Waals surface area contributed by atoms with Gasteiger partial charge in [0.2, 0.25) is 5.91 Å². The molecule has 1 aliphatic heterocycles. The largest absolute Gasteiger partial charge is 0.473 e. The molecule has 0 aliphatic carbocycles. The van der Waals surface area contributed by atoms with Crippen LogP contribution >= 0.6 is 22.7 Å². The van der Waals surface area contributed by atoms with Crippen molar-refractivity contribution in [3.63, 3.8) is 0 Å². The van der Waals surface area contributed by atoms with Crippen molar-refractivity contribution in [2.24, 2.45) is 5.10 Å². The van der Waals surface area contributed by atoms with Crippen LogP contribution in [0.15, 0.2) is 22.7 Å². The Hall–Kier alpha value is -1.73. The molecule has 5 nitrogen and oxygen atoms in total. The van der Waals surface area contributed by atoms with Gasteiger partial charge in [-0.2, -0.15) is 5.10 Å². The number of thiazole rings is 1. The molecule has 1 aliphatic rings. The maximum Gasteiger partial charge on any atom is 0.273 e. The van der Waals surface area contributed by atoms with Crippen LogP contribution in [0.1, 0.15) is 41.1 Å². The Morgan fingerprint density at radius 2 is 2.36 bits per heavy atom. The van der Waals surface area contributed by atoms with E-state index < -0.39 is 0 Å². The van der Waals surface area contributed by atoms with E-state index in [1.165, 1.54) is 16.9 Å². The summed E-state index contributed by atoms with van der Waals surface area (Å²) in [5, 5.41) is 8.89. The summed E-state index contributed by atoms with van der Waals surface area (Å²) >= 11 is 3.14. The van der Waals surface area contributed by atoms with E-state index in [9.17, 15) is 4.79 Å². The fourth-order valence-electron chi connectivity index (χ4n) is 2.45. The lowest BCUT2D eigenvalue weighted by atomic mass is 10.1. The number of carbonyl (C=O) groups excluding carboxylic acids is 1. The Balaban J connectivity index is 1.94. The Morgan fingerprint density at radius 1 is 1.55 bits per heavy atom. The van der Waals surface area contributed by atoms with Crippen LogP contribution in [0.25, 0.3) is 0 Å². The fourth-order valence-corrected chi connectivity index (χ4v) is 4.19. The van der Waals surface area contributed by atoms with E-state index in [1.54, 1.807) is 29.7 Å². The molecular weight excluding hydrogens is 318 g/mol. The number of amides is 1. The van der Waals surface area contributed by atoms with Crippen molar-refractivity contribution in [1.29, 1.82) is 0 Å². The topological polar surface area (TPSA) is 54.8 Å². The summed E-state index contributed by atoms with van der Waals surface area (Å²) in [7, 11) is 1.60. The Kier molecular flexibility index (Phi) is 4.26. The van der Waals surface area contributed by atoms with Crippen molar-refractivity contribution in [2.75, 3.05) is 7.11 Å². The number of hydrogen-bond acceptors (Lipinski definition) is 6. The number of hydrazone groups is 1. The molecule has 1 unspecified atom stereocenters. The van der Waals surface area contributed by atoms with Gasteiger partial charge in [-0.05, 0) is 23.9 Å². The summed E-state index contributed by atoms with van der Waals surface area (Å²) in [6.45, 7) is 3.93. The van der Waals surface area contributed by atoms with Gasteiger partial charge >= 0.3 is 0 Å². The summed E-state index contributed by atoms with van der Waals surface area (Å²) in [4.78, 5) is 18.6. The predicted molar refractivity (Wildman–Crippen MR) is 88.8 cm³/mol. The number of rotatable bonds is 4. The van der Waals surface area contributed by atoms with E-state index in [2.05, 4.69) is 28.5 Å². The molecule has 0 aromatic carbocycles. The number of ether oxygens (including phenoxy) is 1. The average Bonchev–Trinajstić information content (AvgIpc) is 3.24. The molecular formula is C15H17N3O2S2. The molecule has 0 N–H and O–H groups in total. The molecule has 116 valence electrons. The molecule has 0 radical (unpaired) electrons. The molecule has 1 atom stereocenters. The third-order valence-corrected chi connectivity index (χ3v) is 5.72. The highest BCUT2D eigenvalue weighted by atomic mass is 32.1. The van der Waals surface area contributed by atoms with E-state index >= 15 is 0 Å². The first kappa shape index (κ1) is 15.2. The van der Waals surface area contributed by atoms with Gasteiger partial charge < -0.3 is 4.74 Å². The first-order chi connectivity index (χ1) is 10.6. The molecule has 0 saturated carbocycles. The summed E-state index contributed by atoms with van der Waals surface area (Å²) in [6.07, 6.45) is 2.94. The molecule has 7 heteroatoms. The molecule has 1 amide bonds. The lowest BCUT2D eigenvalue weighted by molar-refractivity contribution is -0.132. The van der Waals surface area contributed by atoms with Crippen molar-refractivity contribution < 1.29 is 9.53 Å². The third kappa shape index (κ3) is 2.66. The zero-order chi connectivity index (χ0) is 15.7. The van der Waals surface area contributed by atoms with E-state index in [4.69, 9.17) is 4.74 Å². The van der Waals surface area contributed by atoms with E-state index in [0.717, 1.165) is 21.9 Å². The Morgan fingerprint density at radius 3 is 2.95 bits per heavy atom. The number of thiophene rings is 1. The SMILES string of the molecule is CCC(=O)N1N=C(c2sccc2C)CC1c1cnc(OC)s1. The highest BCUT2D eigenvalue weighted by Crippen LogP contribution is 2.38. The molecule has 3 rings (SSSR count). The second kappa shape index (κ2) is 6.18. The summed E-state index contributed by atoms with van der Waals surface area (Å²) in [6, 6.07) is 2.00. The summed E-state index contributed by atoms with van der Waals surface area (Å²) < 4.78 is 5.16. The lowest BCUT2D eigenvalue weighted by Crippen LogP contribution is -2.25. The standard InChI is InChI=1S/C15H17N3O2S2/c1-4-13(19)18-11(12-8-16-15(20-3)22-12)7-10(17-18)14-9(2)5-6-21-14/h5-6,8,11H,4,7H2,1-3H3. The fraction of sp³-hybridized carbons (Fsp3) is 0.400. The Bertz CT molecular complexity index is 720. The minimum atomic E-state index is -0.0784. The van der Waals surface area contributed by atoms with Crippen molar-refractivity contribution in [2.45, 2.75) is 32.7 Å². The van der Waals surface area contributed by atoms with E-state index in [-0.39, 0.29) is 11.9 Å². The zero-order valence-electron chi connectivity index (χ0n) is 12.7. The average molecular weight is 335 g/mol. The van der Waals surface area contributed by atoms with Crippen LogP contribution in [0, 0.1) is 6.92 Å². The second-order valence-corrected chi connectivity index (χ2v) is 6.96. The quantitative estimate of drug-likeness (QED) is 0.857. The third-order valence-electron chi connectivity index (χ3n) is 3.60. The number of aromatic nitrogens is 1. The Labute approximate surface area is 137 Å². The molecule has 2 aromatic heterocycles. The van der Waals surface area contributed by atoms with Gasteiger partial charge in [0.1, 0.15) is 0 Å². The first-order valence-electron chi connectivity index (χ1n) is 7.07. The smallest absolute Gasteiger partial charge is 0.273 e. The number of methoxy groups -OCH3 is 1. The van der Waals surface area contributed by atoms with Crippen LogP contribution in [-0.4, -0.2) is 28.7 Å². The van der Waals surface area contributed by atoms with Gasteiger partial charge in [-0.1, -0.05) is 18.3 Å². The van der Waals surface area contributed by atoms with Crippen molar-refractivity contribution in [3.05, 3.63) is 33.0 Å². The van der Waals surface area contributed by atoms with Crippen LogP contribution in [0.3, 0.4) is 0 Å². The van der Waals surface area contributed by atoms with Gasteiger partial charge in [0, 0.05) is 19.0 Å². The van der Waals surface area contributed by atoms with Crippen LogP contribution < -0.4 is 4.74 Å². The van der Waals surface area contributed by atoms with Gasteiger partial charge in [-0.3, -0.25) is 4.79 Å². The minimum absolute atomic E-state index is 0.0292. The van der Waals surface area contributed by atoms with Crippen molar-refractivity contribution >= 4 is 34.3 Å². The number of carbonyl (C=O) groups is 1. The molecule has 0 saturated heterocycles. The minimum Gasteiger partial charge on any atom is -0.473 e. The first-order valence-corrected chi connectivity index (χ1v) is 8.77. The van der Waals surface area contributed by atoms with Crippen LogP contribution in [-0.2, 0) is 4.79 Å². The molecule has 0 spiro atoms. The molecule has 22 heavy (non-hydrogen) atoms. The van der Waals surface area contributed by atoms with Gasteiger partial charge in [0.15, 0.2) is 0 Å². The van der Waals surface area contributed by atoms with E-state index in [1.807, 2.05) is 6.92 Å². The van der Waals surface area contributed by atoms with Crippen LogP contribution in [0.2, 0.25) is 0 Å². The van der Waals surface area contributed by atoms with Gasteiger partial charge in [-0.25, -0.2) is 9.99 Å². The van der Waals surface area contributed by atoms with Gasteiger partial charge in [-0.15, -0.1) is 11.3 Å². The molecule has 3 heterocycles.